The van der Waals surface area contributed by atoms with Crippen LogP contribution in [0.4, 0.5) is 5.69 Å². The van der Waals surface area contributed by atoms with E-state index in [1.54, 1.807) is 72.3 Å². The number of aryl methyl sites for hydroxylation is 2. The fourth-order valence-corrected chi connectivity index (χ4v) is 15.7. The zero-order valence-electron chi connectivity index (χ0n) is 78.3. The Bertz CT molecular complexity index is 6550. The molecule has 0 radical (unpaired) electrons. The van der Waals surface area contributed by atoms with E-state index in [4.69, 9.17) is 43.6 Å². The van der Waals surface area contributed by atoms with E-state index in [-0.39, 0.29) is 137 Å². The lowest BCUT2D eigenvalue weighted by atomic mass is 10.0. The fourth-order valence-electron chi connectivity index (χ4n) is 13.0. The number of nitriles is 2. The quantitative estimate of drug-likeness (QED) is 0.00997. The molecule has 1 aliphatic heterocycles. The normalized spacial score (nSPS) is 10.5. The Balaban J connectivity index is 0.000000283. The van der Waals surface area contributed by atoms with Gasteiger partial charge in [0.25, 0.3) is 0 Å². The molecular weight excluding hydrogens is 2090 g/mol. The summed E-state index contributed by atoms with van der Waals surface area (Å²) in [7, 11) is 0. The summed E-state index contributed by atoms with van der Waals surface area (Å²) in [6, 6.07) is 75.5. The number of benzene rings is 9. The van der Waals surface area contributed by atoms with Crippen LogP contribution < -0.4 is 4.74 Å². The second-order valence-corrected chi connectivity index (χ2v) is 37.1. The van der Waals surface area contributed by atoms with Gasteiger partial charge in [0.2, 0.25) is 5.16 Å². The molecule has 0 bridgehead atoms. The van der Waals surface area contributed by atoms with Crippen LogP contribution in [0.15, 0.2) is 253 Å². The number of thiol groups is 10. The Morgan fingerprint density at radius 2 is 0.965 bits per heavy atom. The first-order valence-electron chi connectivity index (χ1n) is 44.0. The summed E-state index contributed by atoms with van der Waals surface area (Å²) >= 11 is 53.5. The molecule has 22 nitrogen and oxygen atoms in total. The Labute approximate surface area is 913 Å². The number of nitrogens with one attached hydrogen (secondary N) is 1. The smallest absolute Gasteiger partial charge is 0.208 e. The number of pyridine rings is 2. The number of nitrogens with zero attached hydrogens (tertiary/aromatic N) is 8. The van der Waals surface area contributed by atoms with Gasteiger partial charge >= 0.3 is 0 Å². The largest absolute Gasteiger partial charge is 0.489 e. The lowest BCUT2D eigenvalue weighted by molar-refractivity contribution is -0.116. The fraction of sp³-hybridized carbons (Fsp3) is 0.250. The van der Waals surface area contributed by atoms with Gasteiger partial charge in [-0.3, -0.25) is 67.8 Å². The van der Waals surface area contributed by atoms with E-state index >= 15 is 0 Å². The van der Waals surface area contributed by atoms with Gasteiger partial charge in [0.05, 0.1) is 66.2 Å². The predicted molar refractivity (Wildman–Crippen MR) is 613 cm³/mol. The summed E-state index contributed by atoms with van der Waals surface area (Å²) in [5.74, 6) is 4.86. The number of ether oxygens (including phenoxy) is 1. The highest BCUT2D eigenvalue weighted by Crippen LogP contribution is 2.37. The number of hydrogen-bond donors (Lipinski definition) is 12. The van der Waals surface area contributed by atoms with Gasteiger partial charge in [-0.15, -0.1) is 16.4 Å². The number of Topliss-reactive ketones (excluding diaryl/α,β-unsaturated/α-hetero) is 10. The summed E-state index contributed by atoms with van der Waals surface area (Å²) in [5, 5.41) is 37.5. The van der Waals surface area contributed by atoms with Crippen LogP contribution in [-0.4, -0.2) is 168 Å². The maximum absolute atomic E-state index is 12.2. The van der Waals surface area contributed by atoms with Crippen molar-refractivity contribution in [3.8, 4) is 29.0 Å². The summed E-state index contributed by atoms with van der Waals surface area (Å²) in [6.45, 7) is 4.50. The number of thioether (sulfide) groups is 1. The maximum atomic E-state index is 12.2. The summed E-state index contributed by atoms with van der Waals surface area (Å²) < 4.78 is 5.79. The van der Waals surface area contributed by atoms with E-state index in [1.165, 1.54) is 22.2 Å². The average molecular weight is 2200 g/mol. The Kier molecular flexibility index (Phi) is 59.9. The SMILES string of the molecule is C.CSc1n[nH]c(CC(=O)CS)n1.Cc1nc(CC(=O)CS)sc1C.N#Cc1cc(Cl)ccc1CC(=O)CS.N#Cc1cccc(CC(=O)CS)c1.O=C(CS)CC1=Nc2ccccc2C1.O=C(CS)Cc1ccc(Cl)nc1.O=C(CS)Cc1ccc2c(c1)-c1ccccc1C2=O.O=C(CS)Cc1cccc(CO)c1.O=C(CS)Cc1ccccc1OCc1ccccc1.O=C(CS)Cc1nccc2ccccc12. The summed E-state index contributed by atoms with van der Waals surface area (Å²) in [5.41, 5.74) is 16.6. The topological polar surface area (TPSA) is 357 Å². The van der Waals surface area contributed by atoms with Crippen molar-refractivity contribution in [3.05, 3.63) is 353 Å². The number of para-hydroxylation sites is 2. The summed E-state index contributed by atoms with van der Waals surface area (Å²) in [6.07, 6.45) is 9.69. The number of carbonyl (C=O) groups is 11. The average Bonchev–Trinajstić information content (AvgIpc) is 1.62. The number of hydrogen-bond acceptors (Lipinski definition) is 33. The second-order valence-electron chi connectivity index (χ2n) is 31.0. The second kappa shape index (κ2) is 69.6. The van der Waals surface area contributed by atoms with Crippen molar-refractivity contribution < 1.29 is 62.6 Å². The van der Waals surface area contributed by atoms with Crippen molar-refractivity contribution in [1.29, 1.82) is 10.5 Å². The summed E-state index contributed by atoms with van der Waals surface area (Å²) in [4.78, 5) is 146. The molecule has 13 aromatic rings. The third kappa shape index (κ3) is 45.7. The van der Waals surface area contributed by atoms with E-state index in [0.29, 0.717) is 107 Å². The molecule has 9 aromatic carbocycles. The monoisotopic (exact) mass is 2200 g/mol. The van der Waals surface area contributed by atoms with E-state index in [9.17, 15) is 52.7 Å². The zero-order valence-corrected chi connectivity index (χ0v) is 90.4. The molecule has 0 atom stereocenters. The van der Waals surface area contributed by atoms with Gasteiger partial charge in [-0.1, -0.05) is 218 Å². The standard InChI is InChI=1S/C16H12O2S.C16H16O2S.C12H11NOS.C11H11NOS.C10H8ClNOS.C10H9NOS.C10H12O2S.C8H8ClNOS.C8H11NOS2.C6H9N3OS2.CH4/c17-11(9-19)7-10-5-6-14-15(8-10)12-3-1-2-4-13(12)16(14)18;17-15(12-19)10-14-8-4-5-9-16(14)18-11-13-6-2-1-3-7-13;14-10(8-15)7-12-11-4-2-1-3-9(11)5-6-13-12;13-10(7-14)6-9-5-8-3-1-2-4-11(8)12-9;11-9-2-1-7(4-10(13)6-14)8(3-9)5-12;2*11-6-9-3-1-2-8(4-9)5-10(12)7-13;9-8-2-1-6(4-10-8)3-7(11)5-12;1-5-6(2)12-8(9-5)3-7(10)4-11;1-12-6-7-5(8-9-6)2-4(10)3-11;/h1-6,8,19H,7,9H2;1-9,19H,10-12H2;1-6,15H,7-8H2;1-4,14H,5-7H2;1-3,14H,4,6H2;1-4,13H,5,7H2;1-4,11,13H,5-7H2;1-2,4,12H,3,5H2;11H,3-4H2,1-2H3;11H,2-3H2,1H3,(H,7,8,9);1H4. The van der Waals surface area contributed by atoms with Crippen molar-refractivity contribution >= 4 is 258 Å². The molecule has 0 spiro atoms. The number of halogens is 2. The van der Waals surface area contributed by atoms with E-state index < -0.39 is 0 Å². The van der Waals surface area contributed by atoms with Crippen molar-refractivity contribution in [2.24, 2.45) is 4.99 Å². The minimum Gasteiger partial charge on any atom is -0.489 e. The molecule has 4 aromatic heterocycles. The van der Waals surface area contributed by atoms with Crippen LogP contribution in [0.3, 0.4) is 0 Å². The van der Waals surface area contributed by atoms with Gasteiger partial charge < -0.3 is 9.84 Å². The third-order valence-corrected chi connectivity index (χ3v) is 25.6. The number of H-pyrrole nitrogens is 1. The molecule has 0 amide bonds. The lowest BCUT2D eigenvalue weighted by Gasteiger charge is -2.10. The first-order chi connectivity index (χ1) is 68.9. The molecule has 15 rings (SSSR count). The van der Waals surface area contributed by atoms with E-state index in [1.807, 2.05) is 208 Å². The van der Waals surface area contributed by atoms with E-state index in [2.05, 4.69) is 167 Å². The van der Waals surface area contributed by atoms with Crippen LogP contribution >= 0.6 is 173 Å². The maximum Gasteiger partial charge on any atom is 0.208 e. The molecule has 0 fully saturated rings. The predicted octanol–water partition coefficient (Wildman–Crippen LogP) is 20.6. The number of aliphatic imine (C=N–C) groups is 1. The van der Waals surface area contributed by atoms with Crippen molar-refractivity contribution in [3.63, 3.8) is 0 Å². The number of thiazole rings is 1. The van der Waals surface area contributed by atoms with E-state index in [0.717, 1.165) is 112 Å². The van der Waals surface area contributed by atoms with Gasteiger partial charge in [0.1, 0.15) is 86.2 Å². The molecule has 1 aliphatic carbocycles. The van der Waals surface area contributed by atoms with Gasteiger partial charge in [-0.05, 0) is 136 Å². The Morgan fingerprint density at radius 3 is 1.55 bits per heavy atom. The number of ketones is 11. The lowest BCUT2D eigenvalue weighted by Crippen LogP contribution is -2.08. The van der Waals surface area contributed by atoms with Crippen LogP contribution in [0, 0.1) is 36.5 Å². The molecule has 36 heteroatoms. The van der Waals surface area contributed by atoms with Gasteiger partial charge in [0, 0.05) is 159 Å². The first kappa shape index (κ1) is 124. The van der Waals surface area contributed by atoms with Gasteiger partial charge in [0.15, 0.2) is 5.78 Å². The number of carbonyl (C=O) groups excluding carboxylic acids is 11. The van der Waals surface area contributed by atoms with Crippen molar-refractivity contribution in [1.82, 2.24) is 30.1 Å². The molecular formula is C108H111Cl2N9O13S12. The number of aliphatic hydroxyl groups excluding tert-OH is 1. The van der Waals surface area contributed by atoms with Crippen LogP contribution in [-0.2, 0) is 125 Å². The molecule has 144 heavy (non-hydrogen) atoms. The molecule has 2 N–H and O–H groups in total. The van der Waals surface area contributed by atoms with Crippen LogP contribution in [0.1, 0.15) is 118 Å². The highest BCUT2D eigenvalue weighted by atomic mass is 35.5. The molecule has 0 unspecified atom stereocenters. The third-order valence-electron chi connectivity index (χ3n) is 20.0. The number of aromatic amines is 1. The van der Waals surface area contributed by atoms with Gasteiger partial charge in [-0.25, -0.2) is 15.0 Å². The van der Waals surface area contributed by atoms with Gasteiger partial charge in [-0.2, -0.15) is 137 Å². The molecule has 5 heterocycles. The Morgan fingerprint density at radius 1 is 0.458 bits per heavy atom. The zero-order chi connectivity index (χ0) is 105. The van der Waals surface area contributed by atoms with Crippen molar-refractivity contribution in [2.45, 2.75) is 110 Å². The molecule has 0 saturated heterocycles. The number of aromatic nitrogens is 6. The van der Waals surface area contributed by atoms with Crippen LogP contribution in [0.5, 0.6) is 5.75 Å². The molecule has 2 aliphatic rings. The molecule has 0 saturated carbocycles. The highest BCUT2D eigenvalue weighted by molar-refractivity contribution is 7.98. The van der Waals surface area contributed by atoms with Crippen LogP contribution in [0.2, 0.25) is 10.2 Å². The number of fused-ring (bicyclic) bond motifs is 5. The minimum atomic E-state index is -0.00726. The number of aliphatic hydroxyl groups is 1. The molecule has 752 valence electrons. The highest BCUT2D eigenvalue weighted by Gasteiger charge is 2.27. The first-order valence-corrected chi connectivity index (χ1v) is 53.1. The van der Waals surface area contributed by atoms with Crippen molar-refractivity contribution in [2.75, 3.05) is 63.8 Å². The Hall–Kier alpha value is -10.5. The minimum absolute atomic E-state index is 0. The van der Waals surface area contributed by atoms with Crippen LogP contribution in [0.25, 0.3) is 21.9 Å². The number of rotatable bonds is 35.